The molecule has 2 aromatic heterocycles. The molecule has 0 radical (unpaired) electrons. The van der Waals surface area contributed by atoms with Gasteiger partial charge in [0.2, 0.25) is 5.91 Å². The van der Waals surface area contributed by atoms with E-state index in [1.54, 1.807) is 24.4 Å². The molecular formula is C31H33F3N6O2. The van der Waals surface area contributed by atoms with Crippen molar-refractivity contribution in [2.75, 3.05) is 31.1 Å². The predicted octanol–water partition coefficient (Wildman–Crippen LogP) is 4.85. The highest BCUT2D eigenvalue weighted by Crippen LogP contribution is 2.24. The van der Waals surface area contributed by atoms with Crippen LogP contribution in [0.2, 0.25) is 0 Å². The van der Waals surface area contributed by atoms with E-state index in [0.29, 0.717) is 30.0 Å². The molecule has 4 aromatic rings. The number of alkyl halides is 3. The maximum atomic E-state index is 12.9. The van der Waals surface area contributed by atoms with Gasteiger partial charge in [0.05, 0.1) is 12.6 Å². The van der Waals surface area contributed by atoms with Crippen LogP contribution < -0.4 is 20.3 Å². The Morgan fingerprint density at radius 2 is 1.76 bits per heavy atom. The van der Waals surface area contributed by atoms with Crippen molar-refractivity contribution in [1.29, 1.82) is 0 Å². The number of carbonyl (C=O) groups is 1. The molecule has 3 heterocycles. The molecule has 1 aliphatic rings. The van der Waals surface area contributed by atoms with Crippen LogP contribution in [-0.4, -0.2) is 53.0 Å². The van der Waals surface area contributed by atoms with Gasteiger partial charge < -0.3 is 24.8 Å². The molecule has 8 nitrogen and oxygen atoms in total. The highest BCUT2D eigenvalue weighted by Gasteiger charge is 2.31. The van der Waals surface area contributed by atoms with Crippen LogP contribution in [0.1, 0.15) is 36.3 Å². The molecule has 11 heteroatoms. The van der Waals surface area contributed by atoms with E-state index in [-0.39, 0.29) is 24.1 Å². The third kappa shape index (κ3) is 8.01. The molecule has 1 fully saturated rings. The van der Waals surface area contributed by atoms with Gasteiger partial charge in [0.15, 0.2) is 5.65 Å². The number of imidazole rings is 1. The first-order valence-corrected chi connectivity index (χ1v) is 13.6. The number of anilines is 1. The number of benzene rings is 2. The Bertz CT molecular complexity index is 1480. The van der Waals surface area contributed by atoms with E-state index in [9.17, 15) is 18.0 Å². The summed E-state index contributed by atoms with van der Waals surface area (Å²) in [6.45, 7) is 6.20. The molecule has 1 aliphatic heterocycles. The second kappa shape index (κ2) is 13.9. The van der Waals surface area contributed by atoms with Gasteiger partial charge in [-0.3, -0.25) is 4.79 Å². The maximum absolute atomic E-state index is 12.9. The minimum atomic E-state index is -4.74. The quantitative estimate of drug-likeness (QED) is 0.277. The zero-order chi connectivity index (χ0) is 30.1. The topological polar surface area (TPSA) is 84.3 Å². The van der Waals surface area contributed by atoms with Crippen molar-refractivity contribution < 1.29 is 22.7 Å². The number of amides is 1. The van der Waals surface area contributed by atoms with E-state index >= 15 is 0 Å². The van der Waals surface area contributed by atoms with Crippen molar-refractivity contribution in [1.82, 2.24) is 25.2 Å². The van der Waals surface area contributed by atoms with Crippen LogP contribution in [0.15, 0.2) is 66.9 Å². The zero-order valence-electron chi connectivity index (χ0n) is 23.3. The molecule has 2 aromatic carbocycles. The van der Waals surface area contributed by atoms with E-state index in [0.717, 1.165) is 37.3 Å². The van der Waals surface area contributed by atoms with Crippen LogP contribution >= 0.6 is 0 Å². The maximum Gasteiger partial charge on any atom is 0.573 e. The number of nitrogens with one attached hydrogen (secondary N) is 2. The van der Waals surface area contributed by atoms with Gasteiger partial charge in [0.1, 0.15) is 17.1 Å². The molecule has 5 rings (SSSR count). The monoisotopic (exact) mass is 578 g/mol. The van der Waals surface area contributed by atoms with Crippen LogP contribution in [0.25, 0.3) is 11.2 Å². The molecule has 0 saturated carbocycles. The Labute approximate surface area is 242 Å². The molecule has 2 N–H and O–H groups in total. The Morgan fingerprint density at radius 1 is 1.07 bits per heavy atom. The summed E-state index contributed by atoms with van der Waals surface area (Å²) in [6.07, 6.45) is 5.52. The molecule has 0 spiro atoms. The smallest absolute Gasteiger partial charge is 0.406 e. The standard InChI is InChI=1S/C29H31F3N6O2.C2H2/c1-20(22-6-8-23(9-7-22)37-17-15-33-16-18-37)35-27(39)13-12-26-36-25-3-2-14-34-28(25)38(26)19-21-4-10-24(11-5-21)40-29(30,31)32;1-2/h2-11,14,20,33H,12-13,15-19H2,1H3,(H,35,39);1-2H. The molecule has 42 heavy (non-hydrogen) atoms. The SMILES string of the molecule is C#C.CC(NC(=O)CCc1nc2cccnc2n1Cc1ccc(OC(F)(F)F)cc1)c1ccc(N2CCNCC2)cc1. The number of hydrogen-bond donors (Lipinski definition) is 2. The predicted molar refractivity (Wildman–Crippen MR) is 156 cm³/mol. The van der Waals surface area contributed by atoms with Gasteiger partial charge in [0.25, 0.3) is 0 Å². The fourth-order valence-corrected chi connectivity index (χ4v) is 4.86. The summed E-state index contributed by atoms with van der Waals surface area (Å²) in [5, 5.41) is 6.43. The lowest BCUT2D eigenvalue weighted by Crippen LogP contribution is -2.43. The second-order valence-electron chi connectivity index (χ2n) is 9.77. The van der Waals surface area contributed by atoms with Gasteiger partial charge in [-0.1, -0.05) is 24.3 Å². The van der Waals surface area contributed by atoms with Crippen molar-refractivity contribution in [3.05, 3.63) is 83.8 Å². The summed E-state index contributed by atoms with van der Waals surface area (Å²) in [6, 6.07) is 17.5. The number of aryl methyl sites for hydroxylation is 1. The number of hydrogen-bond acceptors (Lipinski definition) is 6. The van der Waals surface area contributed by atoms with Crippen LogP contribution in [0.4, 0.5) is 18.9 Å². The lowest BCUT2D eigenvalue weighted by Gasteiger charge is -2.29. The fraction of sp³-hybridized carbons (Fsp3) is 0.323. The highest BCUT2D eigenvalue weighted by molar-refractivity contribution is 5.77. The molecular weight excluding hydrogens is 545 g/mol. The molecule has 1 amide bonds. The lowest BCUT2D eigenvalue weighted by atomic mass is 10.1. The van der Waals surface area contributed by atoms with E-state index < -0.39 is 6.36 Å². The highest BCUT2D eigenvalue weighted by atomic mass is 19.4. The minimum Gasteiger partial charge on any atom is -0.406 e. The summed E-state index contributed by atoms with van der Waals surface area (Å²) in [5.41, 5.74) is 4.29. The van der Waals surface area contributed by atoms with Crippen LogP contribution in [0, 0.1) is 12.8 Å². The molecule has 220 valence electrons. The molecule has 0 bridgehead atoms. The van der Waals surface area contributed by atoms with Gasteiger partial charge in [-0.05, 0) is 54.4 Å². The molecule has 1 unspecified atom stereocenters. The number of terminal acetylenes is 1. The molecule has 0 aliphatic carbocycles. The normalized spacial score (nSPS) is 14.1. The Morgan fingerprint density at radius 3 is 2.43 bits per heavy atom. The number of ether oxygens (including phenoxy) is 1. The summed E-state index contributed by atoms with van der Waals surface area (Å²) in [4.78, 5) is 24.3. The largest absolute Gasteiger partial charge is 0.573 e. The second-order valence-corrected chi connectivity index (χ2v) is 9.77. The van der Waals surface area contributed by atoms with Crippen LogP contribution in [-0.2, 0) is 17.8 Å². The minimum absolute atomic E-state index is 0.0982. The van der Waals surface area contributed by atoms with E-state index in [2.05, 4.69) is 67.4 Å². The molecule has 1 saturated heterocycles. The summed E-state index contributed by atoms with van der Waals surface area (Å²) >= 11 is 0. The van der Waals surface area contributed by atoms with E-state index in [1.165, 1.54) is 17.8 Å². The number of aromatic nitrogens is 3. The van der Waals surface area contributed by atoms with Gasteiger partial charge >= 0.3 is 6.36 Å². The third-order valence-corrected chi connectivity index (χ3v) is 6.91. The number of pyridine rings is 1. The zero-order valence-corrected chi connectivity index (χ0v) is 23.3. The summed E-state index contributed by atoms with van der Waals surface area (Å²) < 4.78 is 43.4. The number of halogens is 3. The number of piperazine rings is 1. The summed E-state index contributed by atoms with van der Waals surface area (Å²) in [7, 11) is 0. The van der Waals surface area contributed by atoms with Crippen molar-refractivity contribution in [2.45, 2.75) is 38.7 Å². The lowest BCUT2D eigenvalue weighted by molar-refractivity contribution is -0.274. The Hall–Kier alpha value is -4.56. The fourth-order valence-electron chi connectivity index (χ4n) is 4.86. The number of fused-ring (bicyclic) bond motifs is 1. The van der Waals surface area contributed by atoms with Crippen molar-refractivity contribution in [3.8, 4) is 18.6 Å². The van der Waals surface area contributed by atoms with Crippen LogP contribution in [0.3, 0.4) is 0 Å². The molecule has 1 atom stereocenters. The third-order valence-electron chi connectivity index (χ3n) is 6.91. The number of rotatable bonds is 9. The Balaban J connectivity index is 0.00000198. The van der Waals surface area contributed by atoms with Gasteiger partial charge in [-0.25, -0.2) is 9.97 Å². The average Bonchev–Trinajstić information content (AvgIpc) is 3.35. The van der Waals surface area contributed by atoms with E-state index in [4.69, 9.17) is 0 Å². The van der Waals surface area contributed by atoms with Crippen LogP contribution in [0.5, 0.6) is 5.75 Å². The van der Waals surface area contributed by atoms with E-state index in [1.807, 2.05) is 17.6 Å². The number of carbonyl (C=O) groups excluding carboxylic acids is 1. The van der Waals surface area contributed by atoms with Crippen molar-refractivity contribution >= 4 is 22.8 Å². The van der Waals surface area contributed by atoms with Gasteiger partial charge in [-0.15, -0.1) is 26.0 Å². The number of nitrogens with zero attached hydrogens (tertiary/aromatic N) is 4. The van der Waals surface area contributed by atoms with Crippen molar-refractivity contribution in [2.24, 2.45) is 0 Å². The van der Waals surface area contributed by atoms with Gasteiger partial charge in [0, 0.05) is 50.9 Å². The van der Waals surface area contributed by atoms with Crippen molar-refractivity contribution in [3.63, 3.8) is 0 Å². The van der Waals surface area contributed by atoms with Gasteiger partial charge in [-0.2, -0.15) is 0 Å². The summed E-state index contributed by atoms with van der Waals surface area (Å²) in [5.74, 6) is 0.292. The first-order valence-electron chi connectivity index (χ1n) is 13.6. The Kier molecular flexibility index (Phi) is 10.0. The average molecular weight is 579 g/mol. The first-order chi connectivity index (χ1) is 20.2. The first kappa shape index (κ1) is 30.4.